The first-order chi connectivity index (χ1) is 11.2. The van der Waals surface area contributed by atoms with E-state index in [1.165, 1.54) is 25.0 Å². The summed E-state index contributed by atoms with van der Waals surface area (Å²) in [6.07, 6.45) is 3.42. The molecule has 1 atom stereocenters. The van der Waals surface area contributed by atoms with E-state index in [4.69, 9.17) is 0 Å². The van der Waals surface area contributed by atoms with E-state index < -0.39 is 0 Å². The summed E-state index contributed by atoms with van der Waals surface area (Å²) in [7, 11) is 0. The number of hydrogen-bond donors (Lipinski definition) is 3. The van der Waals surface area contributed by atoms with Crippen molar-refractivity contribution in [3.05, 3.63) is 41.8 Å². The molecule has 0 saturated carbocycles. The van der Waals surface area contributed by atoms with Crippen LogP contribution in [0.25, 0.3) is 11.3 Å². The molecule has 0 radical (unpaired) electrons. The lowest BCUT2D eigenvalue weighted by Gasteiger charge is -2.22. The number of rotatable bonds is 5. The molecule has 2 heterocycles. The van der Waals surface area contributed by atoms with Gasteiger partial charge in [0.25, 0.3) is 5.91 Å². The molecule has 1 amide bonds. The summed E-state index contributed by atoms with van der Waals surface area (Å²) in [6.45, 7) is 2.80. The maximum Gasteiger partial charge on any atom is 0.269 e. The Balaban J connectivity index is 0.00000208. The van der Waals surface area contributed by atoms with Crippen LogP contribution in [0.4, 0.5) is 4.39 Å². The van der Waals surface area contributed by atoms with Gasteiger partial charge in [-0.3, -0.25) is 9.89 Å². The zero-order valence-corrected chi connectivity index (χ0v) is 14.2. The second kappa shape index (κ2) is 8.80. The third-order valence-electron chi connectivity index (χ3n) is 4.20. The van der Waals surface area contributed by atoms with Crippen LogP contribution in [0.5, 0.6) is 0 Å². The first-order valence-electron chi connectivity index (χ1n) is 8.02. The molecule has 130 valence electrons. The van der Waals surface area contributed by atoms with Gasteiger partial charge in [-0.15, -0.1) is 12.4 Å². The minimum absolute atomic E-state index is 0. The van der Waals surface area contributed by atoms with Crippen LogP contribution in [0, 0.1) is 11.7 Å². The van der Waals surface area contributed by atoms with Crippen LogP contribution in [0.15, 0.2) is 30.3 Å². The molecule has 1 aromatic heterocycles. The summed E-state index contributed by atoms with van der Waals surface area (Å²) in [5, 5.41) is 13.2. The number of aromatic amines is 1. The number of piperidine rings is 1. The molecule has 0 aliphatic carbocycles. The van der Waals surface area contributed by atoms with Gasteiger partial charge in [-0.05, 0) is 68.6 Å². The van der Waals surface area contributed by atoms with Crippen molar-refractivity contribution in [1.82, 2.24) is 20.8 Å². The maximum absolute atomic E-state index is 12.9. The van der Waals surface area contributed by atoms with Crippen molar-refractivity contribution in [2.75, 3.05) is 19.6 Å². The van der Waals surface area contributed by atoms with Gasteiger partial charge in [0.1, 0.15) is 11.5 Å². The van der Waals surface area contributed by atoms with Crippen molar-refractivity contribution in [3.8, 4) is 11.3 Å². The predicted octanol–water partition coefficient (Wildman–Crippen LogP) is 2.76. The Kier molecular flexibility index (Phi) is 6.75. The van der Waals surface area contributed by atoms with Crippen LogP contribution in [0.1, 0.15) is 29.8 Å². The van der Waals surface area contributed by atoms with Gasteiger partial charge in [-0.1, -0.05) is 0 Å². The van der Waals surface area contributed by atoms with Crippen molar-refractivity contribution in [3.63, 3.8) is 0 Å². The number of carbonyl (C=O) groups is 1. The topological polar surface area (TPSA) is 69.8 Å². The van der Waals surface area contributed by atoms with Gasteiger partial charge in [0.2, 0.25) is 0 Å². The highest BCUT2D eigenvalue weighted by molar-refractivity contribution is 5.93. The van der Waals surface area contributed by atoms with Crippen molar-refractivity contribution < 1.29 is 9.18 Å². The van der Waals surface area contributed by atoms with E-state index in [-0.39, 0.29) is 24.1 Å². The fourth-order valence-electron chi connectivity index (χ4n) is 2.86. The Morgan fingerprint density at radius 1 is 1.33 bits per heavy atom. The number of halogens is 2. The molecule has 0 spiro atoms. The fraction of sp³-hybridized carbons (Fsp3) is 0.412. The van der Waals surface area contributed by atoms with Crippen LogP contribution in [0.2, 0.25) is 0 Å². The molecular weight excluding hydrogens is 331 g/mol. The minimum Gasteiger partial charge on any atom is -0.351 e. The van der Waals surface area contributed by atoms with Crippen molar-refractivity contribution in [1.29, 1.82) is 0 Å². The second-order valence-electron chi connectivity index (χ2n) is 5.93. The van der Waals surface area contributed by atoms with Gasteiger partial charge in [0, 0.05) is 12.1 Å². The monoisotopic (exact) mass is 352 g/mol. The van der Waals surface area contributed by atoms with Crippen molar-refractivity contribution >= 4 is 18.3 Å². The second-order valence-corrected chi connectivity index (χ2v) is 5.93. The van der Waals surface area contributed by atoms with Crippen LogP contribution < -0.4 is 10.6 Å². The van der Waals surface area contributed by atoms with Gasteiger partial charge < -0.3 is 10.6 Å². The molecule has 1 unspecified atom stereocenters. The van der Waals surface area contributed by atoms with Crippen LogP contribution in [0.3, 0.4) is 0 Å². The van der Waals surface area contributed by atoms with Gasteiger partial charge in [0.05, 0.1) is 5.69 Å². The lowest BCUT2D eigenvalue weighted by molar-refractivity contribution is 0.0945. The van der Waals surface area contributed by atoms with Crippen LogP contribution in [-0.4, -0.2) is 35.7 Å². The normalized spacial score (nSPS) is 17.1. The lowest BCUT2D eigenvalue weighted by atomic mass is 9.96. The van der Waals surface area contributed by atoms with E-state index in [1.807, 2.05) is 0 Å². The molecule has 3 rings (SSSR count). The molecule has 1 aliphatic heterocycles. The smallest absolute Gasteiger partial charge is 0.269 e. The molecule has 24 heavy (non-hydrogen) atoms. The van der Waals surface area contributed by atoms with Crippen LogP contribution >= 0.6 is 12.4 Å². The Morgan fingerprint density at radius 2 is 2.12 bits per heavy atom. The number of benzene rings is 1. The largest absolute Gasteiger partial charge is 0.351 e. The summed E-state index contributed by atoms with van der Waals surface area (Å²) in [6, 6.07) is 7.72. The van der Waals surface area contributed by atoms with E-state index in [0.717, 1.165) is 25.1 Å². The third-order valence-corrected chi connectivity index (χ3v) is 4.20. The van der Waals surface area contributed by atoms with Crippen molar-refractivity contribution in [2.45, 2.75) is 19.3 Å². The van der Waals surface area contributed by atoms with E-state index in [2.05, 4.69) is 20.8 Å². The predicted molar refractivity (Wildman–Crippen MR) is 93.8 cm³/mol. The standard InChI is InChI=1S/C17H21FN4O.ClH/c18-14-5-3-13(4-6-14)15-10-16(22-21-15)17(23)20-9-7-12-2-1-8-19-11-12;/h3-6,10,12,19H,1-2,7-9,11H2,(H,20,23)(H,21,22);1H. The molecule has 1 saturated heterocycles. The summed E-state index contributed by atoms with van der Waals surface area (Å²) in [5.41, 5.74) is 1.83. The van der Waals surface area contributed by atoms with Crippen LogP contribution in [-0.2, 0) is 0 Å². The summed E-state index contributed by atoms with van der Waals surface area (Å²) in [5.74, 6) is 0.190. The first kappa shape index (κ1) is 18.4. The quantitative estimate of drug-likeness (QED) is 0.775. The van der Waals surface area contributed by atoms with E-state index in [1.54, 1.807) is 18.2 Å². The molecule has 2 aromatic rings. The Labute approximate surface area is 146 Å². The Morgan fingerprint density at radius 3 is 2.83 bits per heavy atom. The zero-order chi connectivity index (χ0) is 16.1. The fourth-order valence-corrected chi connectivity index (χ4v) is 2.86. The number of nitrogens with zero attached hydrogens (tertiary/aromatic N) is 1. The molecule has 7 heteroatoms. The van der Waals surface area contributed by atoms with E-state index in [0.29, 0.717) is 23.9 Å². The average Bonchev–Trinajstić information content (AvgIpc) is 3.06. The SMILES string of the molecule is Cl.O=C(NCCC1CCCNC1)c1cc(-c2ccc(F)cc2)n[nH]1. The van der Waals surface area contributed by atoms with E-state index in [9.17, 15) is 9.18 Å². The zero-order valence-electron chi connectivity index (χ0n) is 13.3. The average molecular weight is 353 g/mol. The number of carbonyl (C=O) groups excluding carboxylic acids is 1. The number of nitrogens with one attached hydrogen (secondary N) is 3. The molecule has 1 fully saturated rings. The highest BCUT2D eigenvalue weighted by atomic mass is 35.5. The first-order valence-corrected chi connectivity index (χ1v) is 8.02. The Hall–Kier alpha value is -1.92. The van der Waals surface area contributed by atoms with Gasteiger partial charge in [-0.2, -0.15) is 5.10 Å². The molecule has 1 aromatic carbocycles. The molecule has 5 nitrogen and oxygen atoms in total. The third kappa shape index (κ3) is 4.79. The number of amides is 1. The van der Waals surface area contributed by atoms with E-state index >= 15 is 0 Å². The molecule has 1 aliphatic rings. The number of H-pyrrole nitrogens is 1. The Bertz CT molecular complexity index is 653. The van der Waals surface area contributed by atoms with Crippen molar-refractivity contribution in [2.24, 2.45) is 5.92 Å². The lowest BCUT2D eigenvalue weighted by Crippen LogP contribution is -2.33. The van der Waals surface area contributed by atoms with Gasteiger partial charge in [-0.25, -0.2) is 4.39 Å². The molecule has 3 N–H and O–H groups in total. The van der Waals surface area contributed by atoms with Gasteiger partial charge in [0.15, 0.2) is 0 Å². The summed E-state index contributed by atoms with van der Waals surface area (Å²) < 4.78 is 12.9. The highest BCUT2D eigenvalue weighted by Crippen LogP contribution is 2.18. The van der Waals surface area contributed by atoms with Gasteiger partial charge >= 0.3 is 0 Å². The number of hydrogen-bond acceptors (Lipinski definition) is 3. The molecular formula is C17H22ClFN4O. The summed E-state index contributed by atoms with van der Waals surface area (Å²) in [4.78, 5) is 12.1. The maximum atomic E-state index is 12.9. The number of aromatic nitrogens is 2. The minimum atomic E-state index is -0.292. The summed E-state index contributed by atoms with van der Waals surface area (Å²) >= 11 is 0. The highest BCUT2D eigenvalue weighted by Gasteiger charge is 2.14. The molecule has 0 bridgehead atoms.